The van der Waals surface area contributed by atoms with E-state index in [0.717, 1.165) is 30.5 Å². The van der Waals surface area contributed by atoms with Crippen LogP contribution in [0.4, 0.5) is 5.82 Å². The van der Waals surface area contributed by atoms with Crippen molar-refractivity contribution in [1.82, 2.24) is 4.98 Å². The number of pyridine rings is 1. The average molecular weight is 264 g/mol. The number of hydrogen-bond acceptors (Lipinski definition) is 3. The van der Waals surface area contributed by atoms with E-state index in [2.05, 4.69) is 41.1 Å². The maximum absolute atomic E-state index is 4.44. The van der Waals surface area contributed by atoms with Gasteiger partial charge in [-0.2, -0.15) is 11.8 Å². The van der Waals surface area contributed by atoms with Gasteiger partial charge in [-0.3, -0.25) is 0 Å². The van der Waals surface area contributed by atoms with E-state index in [4.69, 9.17) is 0 Å². The van der Waals surface area contributed by atoms with E-state index in [1.807, 2.05) is 6.20 Å². The van der Waals surface area contributed by atoms with E-state index < -0.39 is 0 Å². The van der Waals surface area contributed by atoms with E-state index in [1.54, 1.807) is 0 Å². The maximum atomic E-state index is 4.44. The van der Waals surface area contributed by atoms with E-state index in [0.29, 0.717) is 0 Å². The molecule has 0 aromatic carbocycles. The molecule has 0 spiro atoms. The summed E-state index contributed by atoms with van der Waals surface area (Å²) >= 11 is 2.07. The summed E-state index contributed by atoms with van der Waals surface area (Å²) in [5.41, 5.74) is 1.35. The van der Waals surface area contributed by atoms with Gasteiger partial charge in [-0.25, -0.2) is 4.98 Å². The molecule has 1 N–H and O–H groups in total. The van der Waals surface area contributed by atoms with Crippen LogP contribution in [0.25, 0.3) is 0 Å². The third kappa shape index (κ3) is 4.52. The number of hydrogen-bond donors (Lipinski definition) is 1. The van der Waals surface area contributed by atoms with Crippen LogP contribution in [-0.4, -0.2) is 17.3 Å². The lowest BCUT2D eigenvalue weighted by Crippen LogP contribution is -2.01. The van der Waals surface area contributed by atoms with Crippen LogP contribution in [0.2, 0.25) is 0 Å². The normalized spacial score (nSPS) is 16.1. The van der Waals surface area contributed by atoms with Crippen molar-refractivity contribution in [2.24, 2.45) is 5.92 Å². The lowest BCUT2D eigenvalue weighted by Gasteiger charge is -2.08. The number of aromatic nitrogens is 1. The lowest BCUT2D eigenvalue weighted by atomic mass is 10.1. The largest absolute Gasteiger partial charge is 0.370 e. The van der Waals surface area contributed by atoms with Gasteiger partial charge < -0.3 is 5.32 Å². The molecule has 3 heteroatoms. The summed E-state index contributed by atoms with van der Waals surface area (Å²) in [6.07, 6.45) is 8.95. The van der Waals surface area contributed by atoms with Gasteiger partial charge in [-0.05, 0) is 42.6 Å². The van der Waals surface area contributed by atoms with Crippen LogP contribution in [0.15, 0.2) is 18.3 Å². The van der Waals surface area contributed by atoms with Crippen LogP contribution in [-0.2, 0) is 5.75 Å². The Kier molecular flexibility index (Phi) is 5.85. The van der Waals surface area contributed by atoms with Gasteiger partial charge in [0.25, 0.3) is 0 Å². The molecule has 0 radical (unpaired) electrons. The molecule has 0 amide bonds. The minimum absolute atomic E-state index is 0.980. The van der Waals surface area contributed by atoms with E-state index in [-0.39, 0.29) is 0 Å². The number of rotatable bonds is 7. The maximum Gasteiger partial charge on any atom is 0.125 e. The van der Waals surface area contributed by atoms with Crippen molar-refractivity contribution in [3.63, 3.8) is 0 Å². The Bertz CT molecular complexity index is 331. The van der Waals surface area contributed by atoms with Crippen LogP contribution in [0.3, 0.4) is 0 Å². The lowest BCUT2D eigenvalue weighted by molar-refractivity contribution is 0.623. The van der Waals surface area contributed by atoms with Gasteiger partial charge in [0.05, 0.1) is 0 Å². The molecule has 2 rings (SSSR count). The number of anilines is 1. The van der Waals surface area contributed by atoms with E-state index in [9.17, 15) is 0 Å². The van der Waals surface area contributed by atoms with Gasteiger partial charge in [-0.1, -0.05) is 25.8 Å². The first-order valence-electron chi connectivity index (χ1n) is 7.15. The fourth-order valence-corrected chi connectivity index (χ4v) is 3.58. The molecule has 0 saturated heterocycles. The Morgan fingerprint density at radius 1 is 1.33 bits per heavy atom. The smallest absolute Gasteiger partial charge is 0.125 e. The average Bonchev–Trinajstić information content (AvgIpc) is 2.91. The summed E-state index contributed by atoms with van der Waals surface area (Å²) in [4.78, 5) is 4.44. The standard InChI is InChI=1S/C15H24N2S/c1-2-9-16-15-8-7-14(10-17-15)12-18-11-13-5-3-4-6-13/h7-8,10,13H,2-6,9,11-12H2,1H3,(H,16,17). The first-order chi connectivity index (χ1) is 8.88. The van der Waals surface area contributed by atoms with Gasteiger partial charge >= 0.3 is 0 Å². The quantitative estimate of drug-likeness (QED) is 0.793. The van der Waals surface area contributed by atoms with Crippen LogP contribution in [0.1, 0.15) is 44.6 Å². The first kappa shape index (κ1) is 13.7. The van der Waals surface area contributed by atoms with Crippen molar-refractivity contribution in [2.75, 3.05) is 17.6 Å². The Morgan fingerprint density at radius 3 is 2.83 bits per heavy atom. The van der Waals surface area contributed by atoms with Gasteiger partial charge in [0, 0.05) is 18.5 Å². The Balaban J connectivity index is 1.68. The molecule has 0 bridgehead atoms. The molecule has 1 heterocycles. The highest BCUT2D eigenvalue weighted by molar-refractivity contribution is 7.98. The summed E-state index contributed by atoms with van der Waals surface area (Å²) < 4.78 is 0. The van der Waals surface area contributed by atoms with Gasteiger partial charge in [0.2, 0.25) is 0 Å². The first-order valence-corrected chi connectivity index (χ1v) is 8.30. The molecule has 100 valence electrons. The van der Waals surface area contributed by atoms with Gasteiger partial charge in [0.15, 0.2) is 0 Å². The molecular weight excluding hydrogens is 240 g/mol. The topological polar surface area (TPSA) is 24.9 Å². The van der Waals surface area contributed by atoms with E-state index in [1.165, 1.54) is 37.0 Å². The summed E-state index contributed by atoms with van der Waals surface area (Å²) in [6, 6.07) is 4.30. The Labute approximate surface area is 115 Å². The van der Waals surface area contributed by atoms with Crippen LogP contribution < -0.4 is 5.32 Å². The van der Waals surface area contributed by atoms with Gasteiger partial charge in [-0.15, -0.1) is 0 Å². The fourth-order valence-electron chi connectivity index (χ4n) is 2.39. The highest BCUT2D eigenvalue weighted by atomic mass is 32.2. The predicted octanol–water partition coefficient (Wildman–Crippen LogP) is 4.33. The molecule has 1 aromatic heterocycles. The van der Waals surface area contributed by atoms with Crippen LogP contribution >= 0.6 is 11.8 Å². The molecule has 1 aromatic rings. The zero-order chi connectivity index (χ0) is 12.6. The molecular formula is C15H24N2S. The summed E-state index contributed by atoms with van der Waals surface area (Å²) in [5.74, 6) is 4.42. The van der Waals surface area contributed by atoms with Crippen LogP contribution in [0, 0.1) is 5.92 Å². The van der Waals surface area contributed by atoms with Crippen molar-refractivity contribution in [2.45, 2.75) is 44.8 Å². The molecule has 2 nitrogen and oxygen atoms in total. The fraction of sp³-hybridized carbons (Fsp3) is 0.667. The second-order valence-corrected chi connectivity index (χ2v) is 6.17. The zero-order valence-corrected chi connectivity index (χ0v) is 12.1. The minimum Gasteiger partial charge on any atom is -0.370 e. The molecule has 18 heavy (non-hydrogen) atoms. The third-order valence-corrected chi connectivity index (χ3v) is 4.72. The number of nitrogens with zero attached hydrogens (tertiary/aromatic N) is 1. The summed E-state index contributed by atoms with van der Waals surface area (Å²) in [5, 5.41) is 3.30. The van der Waals surface area contributed by atoms with E-state index >= 15 is 0 Å². The Morgan fingerprint density at radius 2 is 2.17 bits per heavy atom. The van der Waals surface area contributed by atoms with Crippen molar-refractivity contribution in [3.8, 4) is 0 Å². The van der Waals surface area contributed by atoms with Crippen molar-refractivity contribution in [3.05, 3.63) is 23.9 Å². The van der Waals surface area contributed by atoms with Crippen LogP contribution in [0.5, 0.6) is 0 Å². The monoisotopic (exact) mass is 264 g/mol. The number of nitrogens with one attached hydrogen (secondary N) is 1. The molecule has 1 saturated carbocycles. The predicted molar refractivity (Wildman–Crippen MR) is 81.1 cm³/mol. The molecule has 1 aliphatic carbocycles. The zero-order valence-electron chi connectivity index (χ0n) is 11.3. The second-order valence-electron chi connectivity index (χ2n) is 5.14. The summed E-state index contributed by atoms with van der Waals surface area (Å²) in [7, 11) is 0. The third-order valence-electron chi connectivity index (χ3n) is 3.48. The van der Waals surface area contributed by atoms with Gasteiger partial charge in [0.1, 0.15) is 5.82 Å². The highest BCUT2D eigenvalue weighted by Gasteiger charge is 2.14. The second kappa shape index (κ2) is 7.67. The van der Waals surface area contributed by atoms with Crippen molar-refractivity contribution in [1.29, 1.82) is 0 Å². The molecule has 0 atom stereocenters. The minimum atomic E-state index is 0.980. The van der Waals surface area contributed by atoms with Crippen molar-refractivity contribution < 1.29 is 0 Å². The SMILES string of the molecule is CCCNc1ccc(CSCC2CCCC2)cn1. The van der Waals surface area contributed by atoms with Crippen molar-refractivity contribution >= 4 is 17.6 Å². The molecule has 0 unspecified atom stereocenters. The molecule has 1 fully saturated rings. The molecule has 1 aliphatic rings. The molecule has 0 aliphatic heterocycles. The number of thioether (sulfide) groups is 1. The summed E-state index contributed by atoms with van der Waals surface area (Å²) in [6.45, 7) is 3.17. The Hall–Kier alpha value is -0.700. The highest BCUT2D eigenvalue weighted by Crippen LogP contribution is 2.28.